The zero-order valence-electron chi connectivity index (χ0n) is 20.3. The maximum absolute atomic E-state index is 13.5. The van der Waals surface area contributed by atoms with Crippen LogP contribution in [-0.4, -0.2) is 49.6 Å². The molecule has 192 valence electrons. The number of fused-ring (bicyclic) bond motifs is 1. The number of amides is 1. The van der Waals surface area contributed by atoms with Crippen LogP contribution in [0.3, 0.4) is 0 Å². The van der Waals surface area contributed by atoms with Gasteiger partial charge < -0.3 is 24.3 Å². The Morgan fingerprint density at radius 3 is 2.27 bits per heavy atom. The number of carbonyl (C=O) groups excluding carboxylic acids is 2. The van der Waals surface area contributed by atoms with E-state index in [-0.39, 0.29) is 33.6 Å². The molecule has 2 aromatic heterocycles. The van der Waals surface area contributed by atoms with Crippen molar-refractivity contribution in [1.82, 2.24) is 9.78 Å². The van der Waals surface area contributed by atoms with Gasteiger partial charge in [-0.3, -0.25) is 9.59 Å². The van der Waals surface area contributed by atoms with E-state index in [1.54, 1.807) is 36.6 Å². The van der Waals surface area contributed by atoms with Gasteiger partial charge in [-0.15, -0.1) is 11.3 Å². The lowest BCUT2D eigenvalue weighted by atomic mass is 10.1. The van der Waals surface area contributed by atoms with Gasteiger partial charge in [0.05, 0.1) is 39.0 Å². The van der Waals surface area contributed by atoms with E-state index in [9.17, 15) is 14.4 Å². The van der Waals surface area contributed by atoms with Crippen molar-refractivity contribution in [3.05, 3.63) is 68.4 Å². The van der Waals surface area contributed by atoms with Gasteiger partial charge in [-0.25, -0.2) is 4.79 Å². The van der Waals surface area contributed by atoms with Crippen molar-refractivity contribution in [1.29, 1.82) is 0 Å². The fourth-order valence-electron chi connectivity index (χ4n) is 3.64. The van der Waals surface area contributed by atoms with Crippen molar-refractivity contribution in [2.24, 2.45) is 0 Å². The molecular weight excluding hydrogens is 522 g/mol. The number of carbonyl (C=O) groups is 2. The molecule has 4 rings (SSSR count). The number of nitrogens with one attached hydrogen (secondary N) is 1. The molecule has 0 spiro atoms. The molecule has 0 saturated carbocycles. The molecule has 1 N–H and O–H groups in total. The Hall–Kier alpha value is -4.09. The Balaban J connectivity index is 1.85. The smallest absolute Gasteiger partial charge is 0.359 e. The molecule has 0 aliphatic heterocycles. The van der Waals surface area contributed by atoms with Gasteiger partial charge in [-0.1, -0.05) is 11.6 Å². The van der Waals surface area contributed by atoms with Gasteiger partial charge in [-0.2, -0.15) is 9.78 Å². The third kappa shape index (κ3) is 4.95. The number of aromatic nitrogens is 2. The molecule has 0 bridgehead atoms. The second-order valence-corrected chi connectivity index (χ2v) is 8.80. The number of rotatable bonds is 8. The molecule has 0 saturated heterocycles. The van der Waals surface area contributed by atoms with Crippen LogP contribution in [0.1, 0.15) is 27.8 Å². The number of methoxy groups -OCH3 is 3. The lowest BCUT2D eigenvalue weighted by Crippen LogP contribution is -2.25. The van der Waals surface area contributed by atoms with Crippen molar-refractivity contribution in [3.63, 3.8) is 0 Å². The Kier molecular flexibility index (Phi) is 7.65. The second-order valence-electron chi connectivity index (χ2n) is 7.48. The highest BCUT2D eigenvalue weighted by Gasteiger charge is 2.24. The summed E-state index contributed by atoms with van der Waals surface area (Å²) in [6, 6.07) is 9.37. The Bertz CT molecular complexity index is 1520. The van der Waals surface area contributed by atoms with Crippen LogP contribution in [0.2, 0.25) is 5.02 Å². The fourth-order valence-corrected chi connectivity index (χ4v) is 4.69. The molecule has 12 heteroatoms. The Morgan fingerprint density at radius 2 is 1.70 bits per heavy atom. The number of thiophene rings is 1. The molecule has 0 unspecified atom stereocenters. The zero-order valence-corrected chi connectivity index (χ0v) is 21.9. The lowest BCUT2D eigenvalue weighted by molar-refractivity contribution is 0.0520. The average molecular weight is 544 g/mol. The largest absolute Gasteiger partial charge is 0.493 e. The number of halogens is 1. The summed E-state index contributed by atoms with van der Waals surface area (Å²) in [7, 11) is 4.34. The standard InChI is InChI=1S/C25H22ClN3O7S/c1-5-36-25(32)20-16-12-37-23(19(16)24(31)29(28-20)15-8-6-14(26)7-9-15)27-22(30)13-10-17(33-2)21(35-4)18(11-13)34-3/h6-12H,5H2,1-4H3,(H,27,30). The normalized spacial score (nSPS) is 10.7. The van der Waals surface area contributed by atoms with E-state index in [2.05, 4.69) is 10.4 Å². The highest BCUT2D eigenvalue weighted by Crippen LogP contribution is 2.39. The molecule has 0 aliphatic carbocycles. The first-order chi connectivity index (χ1) is 17.8. The highest BCUT2D eigenvalue weighted by atomic mass is 35.5. The molecule has 4 aromatic rings. The highest BCUT2D eigenvalue weighted by molar-refractivity contribution is 7.16. The van der Waals surface area contributed by atoms with E-state index in [1.165, 1.54) is 33.5 Å². The lowest BCUT2D eigenvalue weighted by Gasteiger charge is -2.14. The van der Waals surface area contributed by atoms with Gasteiger partial charge in [-0.05, 0) is 43.3 Å². The number of hydrogen-bond acceptors (Lipinski definition) is 9. The maximum Gasteiger partial charge on any atom is 0.359 e. The number of hydrogen-bond donors (Lipinski definition) is 1. The van der Waals surface area contributed by atoms with Crippen LogP contribution in [-0.2, 0) is 4.74 Å². The first-order valence-corrected chi connectivity index (χ1v) is 12.2. The second kappa shape index (κ2) is 10.9. The summed E-state index contributed by atoms with van der Waals surface area (Å²) >= 11 is 7.07. The number of nitrogens with zero attached hydrogens (tertiary/aromatic N) is 2. The van der Waals surface area contributed by atoms with Crippen molar-refractivity contribution in [2.45, 2.75) is 6.92 Å². The fraction of sp³-hybridized carbons (Fsp3) is 0.200. The summed E-state index contributed by atoms with van der Waals surface area (Å²) in [5.41, 5.74) is -0.00792. The van der Waals surface area contributed by atoms with E-state index in [0.29, 0.717) is 28.0 Å². The van der Waals surface area contributed by atoms with E-state index in [0.717, 1.165) is 16.0 Å². The molecule has 2 heterocycles. The van der Waals surface area contributed by atoms with Gasteiger partial charge in [0.15, 0.2) is 17.2 Å². The first-order valence-electron chi connectivity index (χ1n) is 10.9. The zero-order chi connectivity index (χ0) is 26.7. The average Bonchev–Trinajstić information content (AvgIpc) is 3.32. The predicted octanol–water partition coefficient (Wildman–Crippen LogP) is 4.56. The summed E-state index contributed by atoms with van der Waals surface area (Å²) < 4.78 is 22.2. The van der Waals surface area contributed by atoms with Crippen LogP contribution in [0.4, 0.5) is 5.00 Å². The van der Waals surface area contributed by atoms with Crippen LogP contribution >= 0.6 is 22.9 Å². The van der Waals surface area contributed by atoms with Crippen molar-refractivity contribution in [3.8, 4) is 22.9 Å². The van der Waals surface area contributed by atoms with Crippen LogP contribution in [0.15, 0.2) is 46.6 Å². The van der Waals surface area contributed by atoms with Crippen LogP contribution in [0.5, 0.6) is 17.2 Å². The first kappa shape index (κ1) is 26.0. The number of esters is 1. The van der Waals surface area contributed by atoms with E-state index < -0.39 is 17.4 Å². The Morgan fingerprint density at radius 1 is 1.05 bits per heavy atom. The molecule has 0 aliphatic rings. The van der Waals surface area contributed by atoms with E-state index in [1.807, 2.05) is 0 Å². The third-order valence-corrected chi connectivity index (χ3v) is 6.49. The molecule has 0 fully saturated rings. The summed E-state index contributed by atoms with van der Waals surface area (Å²) in [6.07, 6.45) is 0. The minimum atomic E-state index is -0.699. The summed E-state index contributed by atoms with van der Waals surface area (Å²) in [5.74, 6) is -0.312. The van der Waals surface area contributed by atoms with Gasteiger partial charge in [0.1, 0.15) is 5.00 Å². The number of anilines is 1. The van der Waals surface area contributed by atoms with Crippen molar-refractivity contribution >= 4 is 50.6 Å². The van der Waals surface area contributed by atoms with Gasteiger partial charge >= 0.3 is 5.97 Å². The number of benzene rings is 2. The molecule has 37 heavy (non-hydrogen) atoms. The quantitative estimate of drug-likeness (QED) is 0.321. The molecule has 1 amide bonds. The molecule has 0 radical (unpaired) electrons. The number of ether oxygens (including phenoxy) is 4. The summed E-state index contributed by atoms with van der Waals surface area (Å²) in [4.78, 5) is 39.5. The maximum atomic E-state index is 13.5. The molecule has 0 atom stereocenters. The van der Waals surface area contributed by atoms with Crippen LogP contribution in [0, 0.1) is 0 Å². The summed E-state index contributed by atoms with van der Waals surface area (Å²) in [6.45, 7) is 1.79. The Labute approximate surface area is 220 Å². The van der Waals surface area contributed by atoms with Crippen LogP contribution in [0.25, 0.3) is 16.5 Å². The topological polar surface area (TPSA) is 118 Å². The van der Waals surface area contributed by atoms with Gasteiger partial charge in [0.2, 0.25) is 5.75 Å². The SMILES string of the molecule is CCOC(=O)c1nn(-c2ccc(Cl)cc2)c(=O)c2c(NC(=O)c3cc(OC)c(OC)c(OC)c3)scc12. The molecule has 10 nitrogen and oxygen atoms in total. The predicted molar refractivity (Wildman–Crippen MR) is 140 cm³/mol. The summed E-state index contributed by atoms with van der Waals surface area (Å²) in [5, 5.41) is 9.68. The van der Waals surface area contributed by atoms with Crippen molar-refractivity contribution in [2.75, 3.05) is 33.3 Å². The van der Waals surface area contributed by atoms with Gasteiger partial charge in [0.25, 0.3) is 11.5 Å². The van der Waals surface area contributed by atoms with Crippen molar-refractivity contribution < 1.29 is 28.5 Å². The van der Waals surface area contributed by atoms with Gasteiger partial charge in [0, 0.05) is 21.4 Å². The third-order valence-electron chi connectivity index (χ3n) is 5.35. The van der Waals surface area contributed by atoms with E-state index in [4.69, 9.17) is 30.5 Å². The molecule has 2 aromatic carbocycles. The monoisotopic (exact) mass is 543 g/mol. The van der Waals surface area contributed by atoms with E-state index >= 15 is 0 Å². The van der Waals surface area contributed by atoms with Crippen LogP contribution < -0.4 is 25.1 Å². The minimum Gasteiger partial charge on any atom is -0.493 e. The molecular formula is C25H22ClN3O7S. The minimum absolute atomic E-state index is 0.0593.